The zero-order valence-corrected chi connectivity index (χ0v) is 25.6. The maximum atomic E-state index is 6.55. The predicted molar refractivity (Wildman–Crippen MR) is 193 cm³/mol. The lowest BCUT2D eigenvalue weighted by molar-refractivity contribution is 0.670. The van der Waals surface area contributed by atoms with Crippen molar-refractivity contribution in [2.45, 2.75) is 12.8 Å². The lowest BCUT2D eigenvalue weighted by Gasteiger charge is -2.12. The molecule has 0 saturated carbocycles. The van der Waals surface area contributed by atoms with Crippen molar-refractivity contribution in [3.8, 4) is 45.0 Å². The molecule has 0 atom stereocenters. The van der Waals surface area contributed by atoms with Crippen molar-refractivity contribution in [1.29, 1.82) is 0 Å². The lowest BCUT2D eigenvalue weighted by Crippen LogP contribution is -2.03. The van der Waals surface area contributed by atoms with E-state index in [0.29, 0.717) is 17.5 Å². The Bertz CT molecular complexity index is 2500. The highest BCUT2D eigenvalue weighted by atomic mass is 16.3. The Kier molecular flexibility index (Phi) is 6.57. The van der Waals surface area contributed by atoms with Crippen molar-refractivity contribution in [3.05, 3.63) is 158 Å². The van der Waals surface area contributed by atoms with Crippen LogP contribution in [0.1, 0.15) is 18.7 Å². The SMILES string of the molecule is C1=CC(c2nc(-c3ccc(-c4cccc5ccccc45)cc3)nc(-c3ccc(-c4ccccc4)c4oc5ccccc5c34)n2)=CCC1. The minimum Gasteiger partial charge on any atom is -0.455 e. The normalized spacial score (nSPS) is 13.0. The van der Waals surface area contributed by atoms with Crippen molar-refractivity contribution < 1.29 is 4.42 Å². The highest BCUT2D eigenvalue weighted by molar-refractivity contribution is 6.15. The van der Waals surface area contributed by atoms with E-state index in [1.807, 2.05) is 18.2 Å². The van der Waals surface area contributed by atoms with Crippen LogP contribution in [-0.2, 0) is 0 Å². The zero-order valence-electron chi connectivity index (χ0n) is 25.6. The van der Waals surface area contributed by atoms with Gasteiger partial charge in [0.15, 0.2) is 17.5 Å². The van der Waals surface area contributed by atoms with Crippen LogP contribution in [0.25, 0.3) is 83.3 Å². The van der Waals surface area contributed by atoms with E-state index < -0.39 is 0 Å². The fourth-order valence-electron chi connectivity index (χ4n) is 6.67. The van der Waals surface area contributed by atoms with Gasteiger partial charge in [0.2, 0.25) is 0 Å². The molecule has 0 N–H and O–H groups in total. The lowest BCUT2D eigenvalue weighted by atomic mass is 9.97. The Hall–Kier alpha value is -6.13. The van der Waals surface area contributed by atoms with Crippen molar-refractivity contribution in [1.82, 2.24) is 15.0 Å². The molecule has 0 fully saturated rings. The minimum absolute atomic E-state index is 0.624. The van der Waals surface area contributed by atoms with E-state index in [2.05, 4.69) is 133 Å². The van der Waals surface area contributed by atoms with Gasteiger partial charge < -0.3 is 4.42 Å². The molecular weight excluding hydrogens is 574 g/mol. The number of allylic oxidation sites excluding steroid dienone is 4. The van der Waals surface area contributed by atoms with E-state index in [-0.39, 0.29) is 0 Å². The summed E-state index contributed by atoms with van der Waals surface area (Å²) in [6.07, 6.45) is 8.51. The van der Waals surface area contributed by atoms with Gasteiger partial charge in [0.1, 0.15) is 11.2 Å². The minimum atomic E-state index is 0.624. The molecule has 4 nitrogen and oxygen atoms in total. The van der Waals surface area contributed by atoms with Crippen LogP contribution in [0, 0.1) is 0 Å². The molecule has 0 amide bonds. The number of aromatic nitrogens is 3. The van der Waals surface area contributed by atoms with Crippen LogP contribution in [-0.4, -0.2) is 15.0 Å². The quantitative estimate of drug-likeness (QED) is 0.196. The first-order valence-corrected chi connectivity index (χ1v) is 16.0. The van der Waals surface area contributed by atoms with Gasteiger partial charge in [-0.25, -0.2) is 15.0 Å². The van der Waals surface area contributed by atoms with Gasteiger partial charge in [-0.15, -0.1) is 0 Å². The fraction of sp³-hybridized carbons (Fsp3) is 0.0465. The molecule has 0 spiro atoms. The van der Waals surface area contributed by atoms with E-state index in [1.165, 1.54) is 16.3 Å². The number of nitrogens with zero attached hydrogens (tertiary/aromatic N) is 3. The second kappa shape index (κ2) is 11.3. The summed E-state index contributed by atoms with van der Waals surface area (Å²) in [5, 5.41) is 4.50. The Morgan fingerprint density at radius 2 is 1.15 bits per heavy atom. The number of fused-ring (bicyclic) bond motifs is 4. The third kappa shape index (κ3) is 4.82. The summed E-state index contributed by atoms with van der Waals surface area (Å²) in [5.74, 6) is 1.94. The van der Waals surface area contributed by atoms with Gasteiger partial charge in [0, 0.05) is 33.0 Å². The van der Waals surface area contributed by atoms with Gasteiger partial charge in [0.25, 0.3) is 0 Å². The van der Waals surface area contributed by atoms with Gasteiger partial charge >= 0.3 is 0 Å². The Morgan fingerprint density at radius 1 is 0.468 bits per heavy atom. The van der Waals surface area contributed by atoms with E-state index in [9.17, 15) is 0 Å². The van der Waals surface area contributed by atoms with Crippen molar-refractivity contribution in [2.24, 2.45) is 0 Å². The van der Waals surface area contributed by atoms with Crippen LogP contribution in [0.4, 0.5) is 0 Å². The maximum Gasteiger partial charge on any atom is 0.164 e. The molecule has 2 aromatic heterocycles. The highest BCUT2D eigenvalue weighted by Crippen LogP contribution is 2.41. The summed E-state index contributed by atoms with van der Waals surface area (Å²) in [6, 6.07) is 46.3. The Balaban J connectivity index is 1.23. The monoisotopic (exact) mass is 603 g/mol. The van der Waals surface area contributed by atoms with Gasteiger partial charge in [-0.2, -0.15) is 0 Å². The Labute approximate surface area is 272 Å². The molecule has 0 saturated heterocycles. The van der Waals surface area contributed by atoms with E-state index in [4.69, 9.17) is 19.4 Å². The molecule has 2 heterocycles. The zero-order chi connectivity index (χ0) is 31.2. The number of furan rings is 1. The van der Waals surface area contributed by atoms with E-state index in [1.54, 1.807) is 0 Å². The third-order valence-corrected chi connectivity index (χ3v) is 8.98. The number of benzene rings is 6. The molecule has 9 rings (SSSR count). The average molecular weight is 604 g/mol. The third-order valence-electron chi connectivity index (χ3n) is 8.98. The molecule has 0 radical (unpaired) electrons. The summed E-state index contributed by atoms with van der Waals surface area (Å²) in [7, 11) is 0. The largest absolute Gasteiger partial charge is 0.455 e. The molecule has 4 heteroatoms. The molecular formula is C43H29N3O. The van der Waals surface area contributed by atoms with Crippen LogP contribution < -0.4 is 0 Å². The Morgan fingerprint density at radius 3 is 2.00 bits per heavy atom. The summed E-state index contributed by atoms with van der Waals surface area (Å²) in [5.41, 5.74) is 9.04. The molecule has 1 aliphatic rings. The van der Waals surface area contributed by atoms with Crippen molar-refractivity contribution in [3.63, 3.8) is 0 Å². The van der Waals surface area contributed by atoms with Crippen molar-refractivity contribution in [2.75, 3.05) is 0 Å². The summed E-state index contributed by atoms with van der Waals surface area (Å²) >= 11 is 0. The first-order valence-electron chi connectivity index (χ1n) is 16.0. The first-order chi connectivity index (χ1) is 23.3. The van der Waals surface area contributed by atoms with E-state index in [0.717, 1.165) is 68.2 Å². The molecule has 0 bridgehead atoms. The topological polar surface area (TPSA) is 51.8 Å². The molecule has 6 aromatic carbocycles. The van der Waals surface area contributed by atoms with Crippen molar-refractivity contribution >= 4 is 38.3 Å². The molecule has 47 heavy (non-hydrogen) atoms. The average Bonchev–Trinajstić information content (AvgIpc) is 3.55. The standard InChI is InChI=1S/C43H29N3O/c1-3-12-29(13-4-1)35-26-27-37(39-36-19-9-10-21-38(36)47-40(35)39)43-45-41(31-15-5-2-6-16-31)44-42(46-43)32-24-22-30(23-25-32)34-20-11-17-28-14-7-8-18-33(28)34/h1,3-5,7-27H,2,6H2. The molecule has 222 valence electrons. The highest BCUT2D eigenvalue weighted by Gasteiger charge is 2.21. The van der Waals surface area contributed by atoms with Gasteiger partial charge in [0.05, 0.1) is 0 Å². The van der Waals surface area contributed by atoms with Crippen LogP contribution >= 0.6 is 0 Å². The summed E-state index contributed by atoms with van der Waals surface area (Å²) in [4.78, 5) is 15.3. The molecule has 1 aliphatic carbocycles. The predicted octanol–water partition coefficient (Wildman–Crippen LogP) is 11.3. The van der Waals surface area contributed by atoms with Gasteiger partial charge in [-0.05, 0) is 58.5 Å². The van der Waals surface area contributed by atoms with Crippen LogP contribution in [0.15, 0.2) is 156 Å². The molecule has 0 unspecified atom stereocenters. The second-order valence-corrected chi connectivity index (χ2v) is 11.9. The van der Waals surface area contributed by atoms with Gasteiger partial charge in [-0.3, -0.25) is 0 Å². The van der Waals surface area contributed by atoms with Crippen LogP contribution in [0.5, 0.6) is 0 Å². The smallest absolute Gasteiger partial charge is 0.164 e. The van der Waals surface area contributed by atoms with Crippen LogP contribution in [0.2, 0.25) is 0 Å². The molecule has 8 aromatic rings. The number of hydrogen-bond donors (Lipinski definition) is 0. The van der Waals surface area contributed by atoms with E-state index >= 15 is 0 Å². The first kappa shape index (κ1) is 27.2. The summed E-state index contributed by atoms with van der Waals surface area (Å²) in [6.45, 7) is 0. The van der Waals surface area contributed by atoms with Gasteiger partial charge in [-0.1, -0.05) is 133 Å². The summed E-state index contributed by atoms with van der Waals surface area (Å²) < 4.78 is 6.55. The fourth-order valence-corrected chi connectivity index (χ4v) is 6.67. The second-order valence-electron chi connectivity index (χ2n) is 11.9. The molecule has 0 aliphatic heterocycles. The number of para-hydroxylation sites is 1. The van der Waals surface area contributed by atoms with Crippen LogP contribution in [0.3, 0.4) is 0 Å². The maximum absolute atomic E-state index is 6.55. The number of rotatable bonds is 5. The number of hydrogen-bond acceptors (Lipinski definition) is 4.